The molecule has 2 heterocycles. The van der Waals surface area contributed by atoms with Crippen molar-refractivity contribution in [2.45, 2.75) is 25.3 Å². The monoisotopic (exact) mass is 369 g/mol. The first-order chi connectivity index (χ1) is 11.6. The molecule has 136 valence electrons. The molecule has 2 fully saturated rings. The molecule has 0 aromatic heterocycles. The Bertz CT molecular complexity index is 654. The van der Waals surface area contributed by atoms with Crippen LogP contribution < -0.4 is 5.32 Å². The fourth-order valence-electron chi connectivity index (χ4n) is 3.24. The second-order valence-electron chi connectivity index (χ2n) is 6.05. The lowest BCUT2D eigenvalue weighted by molar-refractivity contribution is -0.140. The van der Waals surface area contributed by atoms with Crippen LogP contribution in [0.5, 0.6) is 0 Å². The minimum absolute atomic E-state index is 0. The summed E-state index contributed by atoms with van der Waals surface area (Å²) in [5.41, 5.74) is 0.740. The lowest BCUT2D eigenvalue weighted by Crippen LogP contribution is -2.49. The maximum Gasteiger partial charge on any atom is 0.229 e. The molecule has 3 amide bonds. The van der Waals surface area contributed by atoms with Crippen molar-refractivity contribution < 1.29 is 18.8 Å². The normalized spacial score (nSPS) is 20.6. The Morgan fingerprint density at radius 1 is 1.24 bits per heavy atom. The van der Waals surface area contributed by atoms with E-state index in [1.165, 1.54) is 12.1 Å². The molecule has 3 rings (SSSR count). The van der Waals surface area contributed by atoms with Gasteiger partial charge in [-0.3, -0.25) is 19.3 Å². The number of nitrogens with one attached hydrogen (secondary N) is 1. The lowest BCUT2D eigenvalue weighted by atomic mass is 10.0. The van der Waals surface area contributed by atoms with Crippen LogP contribution in [0.4, 0.5) is 4.39 Å². The van der Waals surface area contributed by atoms with Crippen molar-refractivity contribution in [3.05, 3.63) is 35.6 Å². The molecule has 1 unspecified atom stereocenters. The maximum absolute atomic E-state index is 13.5. The van der Waals surface area contributed by atoms with Gasteiger partial charge in [-0.25, -0.2) is 4.39 Å². The number of piperazine rings is 1. The molecule has 2 aliphatic heterocycles. The van der Waals surface area contributed by atoms with Gasteiger partial charge in [0.25, 0.3) is 0 Å². The average molecular weight is 370 g/mol. The molecule has 8 heteroatoms. The van der Waals surface area contributed by atoms with Gasteiger partial charge in [0.1, 0.15) is 5.82 Å². The number of likely N-dealkylation sites (tertiary alicyclic amines) is 1. The molecule has 0 spiro atoms. The highest BCUT2D eigenvalue weighted by molar-refractivity contribution is 6.02. The van der Waals surface area contributed by atoms with Gasteiger partial charge in [0.05, 0.1) is 6.04 Å². The van der Waals surface area contributed by atoms with Gasteiger partial charge in [-0.15, -0.1) is 12.4 Å². The molecule has 1 atom stereocenters. The minimum Gasteiger partial charge on any atom is -0.333 e. The third kappa shape index (κ3) is 4.35. The molecule has 25 heavy (non-hydrogen) atoms. The highest BCUT2D eigenvalue weighted by Crippen LogP contribution is 2.24. The molecular formula is C17H21ClFN3O3. The van der Waals surface area contributed by atoms with Crippen molar-refractivity contribution >= 4 is 30.1 Å². The zero-order valence-corrected chi connectivity index (χ0v) is 14.6. The van der Waals surface area contributed by atoms with Gasteiger partial charge >= 0.3 is 0 Å². The summed E-state index contributed by atoms with van der Waals surface area (Å²) >= 11 is 0. The lowest BCUT2D eigenvalue weighted by Gasteiger charge is -2.37. The molecule has 0 saturated carbocycles. The highest BCUT2D eigenvalue weighted by Gasteiger charge is 2.32. The molecule has 2 saturated heterocycles. The van der Waals surface area contributed by atoms with E-state index in [4.69, 9.17) is 0 Å². The summed E-state index contributed by atoms with van der Waals surface area (Å²) in [6.45, 7) is 1.86. The van der Waals surface area contributed by atoms with E-state index in [1.54, 1.807) is 17.0 Å². The standard InChI is InChI=1S/C17H20FN3O3.ClH/c18-13-3-1-2-12(10-13)14-11-19-7-9-20(14)17(24)6-8-21-15(22)4-5-16(21)23;/h1-3,10,14,19H,4-9,11H2;1H. The van der Waals surface area contributed by atoms with Gasteiger partial charge in [0, 0.05) is 45.4 Å². The number of hydrogen-bond donors (Lipinski definition) is 1. The van der Waals surface area contributed by atoms with E-state index < -0.39 is 0 Å². The molecule has 0 bridgehead atoms. The number of carbonyl (C=O) groups excluding carboxylic acids is 3. The number of imide groups is 1. The third-order valence-corrected chi connectivity index (χ3v) is 4.50. The van der Waals surface area contributed by atoms with Gasteiger partial charge < -0.3 is 10.2 Å². The Kier molecular flexibility index (Phi) is 6.50. The van der Waals surface area contributed by atoms with Crippen molar-refractivity contribution in [1.29, 1.82) is 0 Å². The Morgan fingerprint density at radius 2 is 1.96 bits per heavy atom. The van der Waals surface area contributed by atoms with E-state index in [0.29, 0.717) is 19.6 Å². The SMILES string of the molecule is Cl.O=C1CCC(=O)N1CCC(=O)N1CCNCC1c1cccc(F)c1. The zero-order chi connectivity index (χ0) is 17.1. The van der Waals surface area contributed by atoms with Crippen LogP contribution in [0.2, 0.25) is 0 Å². The zero-order valence-electron chi connectivity index (χ0n) is 13.7. The molecule has 6 nitrogen and oxygen atoms in total. The molecule has 1 aromatic rings. The van der Waals surface area contributed by atoms with E-state index in [-0.39, 0.29) is 67.8 Å². The van der Waals surface area contributed by atoms with Crippen LogP contribution >= 0.6 is 12.4 Å². The van der Waals surface area contributed by atoms with Crippen molar-refractivity contribution in [1.82, 2.24) is 15.1 Å². The predicted molar refractivity (Wildman–Crippen MR) is 91.5 cm³/mol. The van der Waals surface area contributed by atoms with Crippen LogP contribution in [0.1, 0.15) is 30.9 Å². The average Bonchev–Trinajstić information content (AvgIpc) is 2.91. The van der Waals surface area contributed by atoms with Crippen molar-refractivity contribution in [2.75, 3.05) is 26.2 Å². The van der Waals surface area contributed by atoms with E-state index in [2.05, 4.69) is 5.32 Å². The summed E-state index contributed by atoms with van der Waals surface area (Å²) in [5.74, 6) is -0.887. The highest BCUT2D eigenvalue weighted by atomic mass is 35.5. The van der Waals surface area contributed by atoms with Gasteiger partial charge in [0.15, 0.2) is 0 Å². The summed E-state index contributed by atoms with van der Waals surface area (Å²) in [6, 6.07) is 5.99. The first-order valence-electron chi connectivity index (χ1n) is 8.15. The van der Waals surface area contributed by atoms with Crippen LogP contribution in [-0.4, -0.2) is 53.7 Å². The summed E-state index contributed by atoms with van der Waals surface area (Å²) in [5, 5.41) is 3.21. The van der Waals surface area contributed by atoms with Gasteiger partial charge in [-0.1, -0.05) is 12.1 Å². The summed E-state index contributed by atoms with van der Waals surface area (Å²) in [6.07, 6.45) is 0.558. The van der Waals surface area contributed by atoms with Crippen molar-refractivity contribution in [3.8, 4) is 0 Å². The molecular weight excluding hydrogens is 349 g/mol. The van der Waals surface area contributed by atoms with Crippen LogP contribution in [0.3, 0.4) is 0 Å². The summed E-state index contributed by atoms with van der Waals surface area (Å²) in [4.78, 5) is 38.7. The number of amides is 3. The molecule has 2 aliphatic rings. The van der Waals surface area contributed by atoms with Gasteiger partial charge in [-0.2, -0.15) is 0 Å². The first-order valence-corrected chi connectivity index (χ1v) is 8.15. The van der Waals surface area contributed by atoms with Crippen molar-refractivity contribution in [3.63, 3.8) is 0 Å². The largest absolute Gasteiger partial charge is 0.333 e. The molecule has 0 aliphatic carbocycles. The second-order valence-corrected chi connectivity index (χ2v) is 6.05. The smallest absolute Gasteiger partial charge is 0.229 e. The maximum atomic E-state index is 13.5. The van der Waals surface area contributed by atoms with Gasteiger partial charge in [0.2, 0.25) is 17.7 Å². The Hall–Kier alpha value is -1.99. The Labute approximate surface area is 151 Å². The van der Waals surface area contributed by atoms with E-state index in [9.17, 15) is 18.8 Å². The fraction of sp³-hybridized carbons (Fsp3) is 0.471. The quantitative estimate of drug-likeness (QED) is 0.811. The number of halogens is 2. The predicted octanol–water partition coefficient (Wildman–Crippen LogP) is 1.26. The Balaban J connectivity index is 0.00000225. The summed E-state index contributed by atoms with van der Waals surface area (Å²) in [7, 11) is 0. The van der Waals surface area contributed by atoms with E-state index in [1.807, 2.05) is 0 Å². The summed E-state index contributed by atoms with van der Waals surface area (Å²) < 4.78 is 13.5. The van der Waals surface area contributed by atoms with E-state index >= 15 is 0 Å². The molecule has 1 N–H and O–H groups in total. The van der Waals surface area contributed by atoms with Crippen LogP contribution in [0.25, 0.3) is 0 Å². The minimum atomic E-state index is -0.335. The number of benzene rings is 1. The van der Waals surface area contributed by atoms with E-state index in [0.717, 1.165) is 10.5 Å². The third-order valence-electron chi connectivity index (χ3n) is 4.50. The molecule has 1 aromatic carbocycles. The van der Waals surface area contributed by atoms with Crippen LogP contribution in [-0.2, 0) is 14.4 Å². The topological polar surface area (TPSA) is 69.7 Å². The first kappa shape index (κ1) is 19.3. The fourth-order valence-corrected chi connectivity index (χ4v) is 3.24. The molecule has 0 radical (unpaired) electrons. The number of carbonyl (C=O) groups is 3. The van der Waals surface area contributed by atoms with Crippen LogP contribution in [0, 0.1) is 5.82 Å². The van der Waals surface area contributed by atoms with Crippen molar-refractivity contribution in [2.24, 2.45) is 0 Å². The van der Waals surface area contributed by atoms with Gasteiger partial charge in [-0.05, 0) is 17.7 Å². The number of hydrogen-bond acceptors (Lipinski definition) is 4. The van der Waals surface area contributed by atoms with Crippen LogP contribution in [0.15, 0.2) is 24.3 Å². The second kappa shape index (κ2) is 8.40. The number of nitrogens with zero attached hydrogens (tertiary/aromatic N) is 2. The number of rotatable bonds is 4. The Morgan fingerprint density at radius 3 is 2.64 bits per heavy atom.